The number of methoxy groups -OCH3 is 1. The van der Waals surface area contributed by atoms with E-state index in [2.05, 4.69) is 4.74 Å². The second-order valence-corrected chi connectivity index (χ2v) is 4.87. The monoisotopic (exact) mass is 329 g/mol. The molecule has 0 saturated carbocycles. The molecule has 0 aromatic heterocycles. The first-order valence-electron chi connectivity index (χ1n) is 7.07. The molecule has 0 bridgehead atoms. The van der Waals surface area contributed by atoms with Crippen molar-refractivity contribution in [1.29, 1.82) is 0 Å². The van der Waals surface area contributed by atoms with Gasteiger partial charge in [-0.2, -0.15) is 0 Å². The van der Waals surface area contributed by atoms with Crippen LogP contribution in [-0.2, 0) is 25.5 Å². The number of carbonyl (C=O) groups excluding carboxylic acids is 2. The van der Waals surface area contributed by atoms with E-state index in [0.29, 0.717) is 5.56 Å². The molecule has 2 rings (SSSR count). The molecule has 0 aliphatic rings. The van der Waals surface area contributed by atoms with E-state index in [1.54, 1.807) is 36.4 Å². The van der Waals surface area contributed by atoms with Crippen LogP contribution in [0.5, 0.6) is 0 Å². The Bertz CT molecular complexity index is 744. The fourth-order valence-electron chi connectivity index (χ4n) is 2.15. The van der Waals surface area contributed by atoms with Crippen molar-refractivity contribution in [1.82, 2.24) is 0 Å². The van der Waals surface area contributed by atoms with Gasteiger partial charge in [-0.15, -0.1) is 0 Å². The van der Waals surface area contributed by atoms with Crippen LogP contribution >= 0.6 is 0 Å². The number of benzene rings is 2. The highest BCUT2D eigenvalue weighted by atomic mass is 16.6. The van der Waals surface area contributed by atoms with Gasteiger partial charge in [0.15, 0.2) is 0 Å². The number of nitrogens with zero attached hydrogens (tertiary/aromatic N) is 1. The lowest BCUT2D eigenvalue weighted by molar-refractivity contribution is -0.385. The number of carbonyl (C=O) groups is 2. The first-order valence-corrected chi connectivity index (χ1v) is 7.07. The lowest BCUT2D eigenvalue weighted by Gasteiger charge is -2.16. The van der Waals surface area contributed by atoms with Gasteiger partial charge in [0.25, 0.3) is 5.69 Å². The SMILES string of the molecule is COC(=O)C(OC(=O)Cc1ccccc1[N+](=O)[O-])c1ccccc1. The summed E-state index contributed by atoms with van der Waals surface area (Å²) in [6.45, 7) is 0. The van der Waals surface area contributed by atoms with Crippen LogP contribution in [0.1, 0.15) is 17.2 Å². The summed E-state index contributed by atoms with van der Waals surface area (Å²) < 4.78 is 9.85. The van der Waals surface area contributed by atoms with Crippen molar-refractivity contribution in [2.24, 2.45) is 0 Å². The smallest absolute Gasteiger partial charge is 0.351 e. The molecule has 0 aliphatic carbocycles. The second kappa shape index (κ2) is 7.87. The van der Waals surface area contributed by atoms with E-state index in [9.17, 15) is 19.7 Å². The zero-order chi connectivity index (χ0) is 17.5. The molecule has 0 radical (unpaired) electrons. The van der Waals surface area contributed by atoms with E-state index in [4.69, 9.17) is 4.74 Å². The summed E-state index contributed by atoms with van der Waals surface area (Å²) in [5, 5.41) is 11.0. The Morgan fingerprint density at radius 2 is 1.71 bits per heavy atom. The predicted molar refractivity (Wildman–Crippen MR) is 84.1 cm³/mol. The third kappa shape index (κ3) is 4.16. The fourth-order valence-corrected chi connectivity index (χ4v) is 2.15. The maximum absolute atomic E-state index is 12.1. The molecule has 0 heterocycles. The number of ether oxygens (including phenoxy) is 2. The highest BCUT2D eigenvalue weighted by Crippen LogP contribution is 2.22. The van der Waals surface area contributed by atoms with Crippen molar-refractivity contribution in [2.45, 2.75) is 12.5 Å². The number of para-hydroxylation sites is 1. The van der Waals surface area contributed by atoms with Crippen LogP contribution in [0, 0.1) is 10.1 Å². The third-order valence-corrected chi connectivity index (χ3v) is 3.29. The van der Waals surface area contributed by atoms with Gasteiger partial charge in [-0.25, -0.2) is 4.79 Å². The van der Waals surface area contributed by atoms with Gasteiger partial charge in [0, 0.05) is 17.2 Å². The molecule has 1 unspecified atom stereocenters. The number of nitro groups is 1. The van der Waals surface area contributed by atoms with Crippen molar-refractivity contribution in [3.63, 3.8) is 0 Å². The molecule has 0 saturated heterocycles. The fraction of sp³-hybridized carbons (Fsp3) is 0.176. The Morgan fingerprint density at radius 3 is 2.33 bits per heavy atom. The van der Waals surface area contributed by atoms with Gasteiger partial charge in [-0.3, -0.25) is 14.9 Å². The Kier molecular flexibility index (Phi) is 5.62. The molecule has 24 heavy (non-hydrogen) atoms. The minimum absolute atomic E-state index is 0.177. The van der Waals surface area contributed by atoms with Crippen molar-refractivity contribution < 1.29 is 24.0 Å². The normalized spacial score (nSPS) is 11.4. The zero-order valence-electron chi connectivity index (χ0n) is 12.9. The standard InChI is InChI=1S/C17H15NO6/c1-23-17(20)16(12-7-3-2-4-8-12)24-15(19)11-13-9-5-6-10-14(13)18(21)22/h2-10,16H,11H2,1H3. The first-order chi connectivity index (χ1) is 11.5. The Morgan fingerprint density at radius 1 is 1.08 bits per heavy atom. The van der Waals surface area contributed by atoms with Crippen LogP contribution < -0.4 is 0 Å². The van der Waals surface area contributed by atoms with Crippen LogP contribution in [0.4, 0.5) is 5.69 Å². The molecule has 124 valence electrons. The zero-order valence-corrected chi connectivity index (χ0v) is 12.9. The first kappa shape index (κ1) is 17.1. The Hall–Kier alpha value is -3.22. The maximum Gasteiger partial charge on any atom is 0.351 e. The highest BCUT2D eigenvalue weighted by Gasteiger charge is 2.26. The molecular weight excluding hydrogens is 314 g/mol. The number of esters is 2. The highest BCUT2D eigenvalue weighted by molar-refractivity contribution is 5.82. The molecule has 0 amide bonds. The largest absolute Gasteiger partial charge is 0.466 e. The molecule has 0 fully saturated rings. The van der Waals surface area contributed by atoms with Gasteiger partial charge in [0.1, 0.15) is 0 Å². The summed E-state index contributed by atoms with van der Waals surface area (Å²) >= 11 is 0. The summed E-state index contributed by atoms with van der Waals surface area (Å²) in [4.78, 5) is 34.4. The summed E-state index contributed by atoms with van der Waals surface area (Å²) in [5.41, 5.74) is 0.494. The quantitative estimate of drug-likeness (QED) is 0.459. The molecule has 1 atom stereocenters. The second-order valence-electron chi connectivity index (χ2n) is 4.87. The molecule has 2 aromatic rings. The van der Waals surface area contributed by atoms with Crippen molar-refractivity contribution in [2.75, 3.05) is 7.11 Å². The van der Waals surface area contributed by atoms with Gasteiger partial charge in [-0.1, -0.05) is 48.5 Å². The van der Waals surface area contributed by atoms with E-state index in [0.717, 1.165) is 0 Å². The van der Waals surface area contributed by atoms with E-state index in [-0.39, 0.29) is 17.7 Å². The van der Waals surface area contributed by atoms with E-state index in [1.165, 1.54) is 25.3 Å². The Labute approximate surface area is 138 Å². The van der Waals surface area contributed by atoms with E-state index in [1.807, 2.05) is 0 Å². The van der Waals surface area contributed by atoms with E-state index >= 15 is 0 Å². The number of hydrogen-bond donors (Lipinski definition) is 0. The molecule has 0 spiro atoms. The number of rotatable bonds is 6. The molecule has 0 aliphatic heterocycles. The van der Waals surface area contributed by atoms with Gasteiger partial charge < -0.3 is 9.47 Å². The number of nitro benzene ring substituents is 1. The van der Waals surface area contributed by atoms with Gasteiger partial charge in [0.05, 0.1) is 18.5 Å². The van der Waals surface area contributed by atoms with Crippen molar-refractivity contribution >= 4 is 17.6 Å². The minimum atomic E-state index is -1.22. The number of hydrogen-bond acceptors (Lipinski definition) is 6. The van der Waals surface area contributed by atoms with Crippen molar-refractivity contribution in [3.05, 3.63) is 75.8 Å². The van der Waals surface area contributed by atoms with Crippen LogP contribution in [0.3, 0.4) is 0 Å². The van der Waals surface area contributed by atoms with Gasteiger partial charge >= 0.3 is 11.9 Å². The molecule has 7 heteroatoms. The summed E-state index contributed by atoms with van der Waals surface area (Å²) in [5.74, 6) is -1.49. The summed E-state index contributed by atoms with van der Waals surface area (Å²) in [6.07, 6.45) is -1.54. The molecule has 7 nitrogen and oxygen atoms in total. The van der Waals surface area contributed by atoms with Crippen LogP contribution in [0.15, 0.2) is 54.6 Å². The van der Waals surface area contributed by atoms with Gasteiger partial charge in [-0.05, 0) is 0 Å². The average Bonchev–Trinajstić information content (AvgIpc) is 2.60. The van der Waals surface area contributed by atoms with Crippen LogP contribution in [0.25, 0.3) is 0 Å². The maximum atomic E-state index is 12.1. The molecular formula is C17H15NO6. The molecule has 2 aromatic carbocycles. The summed E-state index contributed by atoms with van der Waals surface area (Å²) in [7, 11) is 1.19. The van der Waals surface area contributed by atoms with Crippen LogP contribution in [0.2, 0.25) is 0 Å². The average molecular weight is 329 g/mol. The minimum Gasteiger partial charge on any atom is -0.466 e. The lowest BCUT2D eigenvalue weighted by atomic mass is 10.1. The van der Waals surface area contributed by atoms with Crippen molar-refractivity contribution in [3.8, 4) is 0 Å². The topological polar surface area (TPSA) is 95.7 Å². The van der Waals surface area contributed by atoms with E-state index < -0.39 is 23.0 Å². The van der Waals surface area contributed by atoms with Gasteiger partial charge in [0.2, 0.25) is 6.10 Å². The third-order valence-electron chi connectivity index (χ3n) is 3.29. The predicted octanol–water partition coefficient (Wildman–Crippen LogP) is 2.59. The lowest BCUT2D eigenvalue weighted by Crippen LogP contribution is -2.22. The molecule has 0 N–H and O–H groups in total. The van der Waals surface area contributed by atoms with Crippen LogP contribution in [-0.4, -0.2) is 24.0 Å². The Balaban J connectivity index is 2.17. The summed E-state index contributed by atoms with van der Waals surface area (Å²) in [6, 6.07) is 14.3.